The average Bonchev–Trinajstić information content (AvgIpc) is 2.90. The number of ether oxygens (including phenoxy) is 2. The first-order chi connectivity index (χ1) is 18.5. The summed E-state index contributed by atoms with van der Waals surface area (Å²) in [6, 6.07) is 1.54. The molecule has 38 heavy (non-hydrogen) atoms. The highest BCUT2D eigenvalue weighted by Gasteiger charge is 2.33. The van der Waals surface area contributed by atoms with Gasteiger partial charge in [-0.1, -0.05) is 77.0 Å². The Bertz CT molecular complexity index is 831. The van der Waals surface area contributed by atoms with Gasteiger partial charge in [-0.25, -0.2) is 4.79 Å². The summed E-state index contributed by atoms with van der Waals surface area (Å²) >= 11 is 0. The maximum atomic E-state index is 12.6. The summed E-state index contributed by atoms with van der Waals surface area (Å²) in [6.07, 6.45) is 18.6. The molecule has 1 aliphatic rings. The zero-order chi connectivity index (χ0) is 27.3. The number of aromatic nitrogens is 2. The second-order valence-electron chi connectivity index (χ2n) is 10.0. The lowest BCUT2D eigenvalue weighted by atomic mass is 10.0. The molecule has 1 aromatic rings. The molecule has 1 fully saturated rings. The Labute approximate surface area is 227 Å². The molecule has 2 rings (SSSR count). The van der Waals surface area contributed by atoms with E-state index in [9.17, 15) is 13.8 Å². The van der Waals surface area contributed by atoms with Gasteiger partial charge >= 0.3 is 13.3 Å². The summed E-state index contributed by atoms with van der Waals surface area (Å²) in [4.78, 5) is 15.5. The minimum absolute atomic E-state index is 0.0775. The number of unbranched alkanes of at least 4 members (excludes halogenated alkanes) is 13. The molecule has 9 nitrogen and oxygen atoms in total. The van der Waals surface area contributed by atoms with Crippen LogP contribution in [0.15, 0.2) is 17.1 Å². The van der Waals surface area contributed by atoms with Crippen LogP contribution in [0, 0.1) is 0 Å². The van der Waals surface area contributed by atoms with Crippen molar-refractivity contribution in [2.75, 3.05) is 45.2 Å². The summed E-state index contributed by atoms with van der Waals surface area (Å²) in [7, 11) is -3.28. The minimum Gasteiger partial charge on any atom is -0.383 e. The van der Waals surface area contributed by atoms with Gasteiger partial charge in [-0.2, -0.15) is 4.98 Å². The summed E-state index contributed by atoms with van der Waals surface area (Å²) in [6.45, 7) is 1.74. The largest absolute Gasteiger partial charge is 0.383 e. The SMILES string of the molecule is Nc1ccn(C[C@H]2COP(=O)(OCCCOCCCCCCCCCCCCCCCCF)CO2)c(=O)n1. The third kappa shape index (κ3) is 15.3. The van der Waals surface area contributed by atoms with E-state index >= 15 is 0 Å². The maximum absolute atomic E-state index is 12.6. The molecule has 0 amide bonds. The van der Waals surface area contributed by atoms with E-state index in [0.717, 1.165) is 25.9 Å². The second-order valence-corrected chi connectivity index (χ2v) is 12.0. The molecule has 0 radical (unpaired) electrons. The maximum Gasteiger partial charge on any atom is 0.356 e. The van der Waals surface area contributed by atoms with Crippen LogP contribution in [0.3, 0.4) is 0 Å². The number of nitrogen functional groups attached to an aromatic ring is 1. The fraction of sp³-hybridized carbons (Fsp3) is 0.852. The van der Waals surface area contributed by atoms with Gasteiger partial charge in [0.1, 0.15) is 18.3 Å². The van der Waals surface area contributed by atoms with Gasteiger partial charge < -0.3 is 24.3 Å². The lowest BCUT2D eigenvalue weighted by Crippen LogP contribution is -2.35. The van der Waals surface area contributed by atoms with Crippen LogP contribution in [-0.2, 0) is 29.6 Å². The molecule has 0 aliphatic carbocycles. The van der Waals surface area contributed by atoms with Crippen molar-refractivity contribution in [3.63, 3.8) is 0 Å². The summed E-state index contributed by atoms with van der Waals surface area (Å²) in [5.74, 6) is 0.164. The Kier molecular flexibility index (Phi) is 17.8. The van der Waals surface area contributed by atoms with Crippen LogP contribution < -0.4 is 11.4 Å². The topological polar surface area (TPSA) is 115 Å². The molecule has 2 N–H and O–H groups in total. The lowest BCUT2D eigenvalue weighted by Gasteiger charge is -2.29. The van der Waals surface area contributed by atoms with Gasteiger partial charge in [-0.15, -0.1) is 0 Å². The Morgan fingerprint density at radius 3 is 2.05 bits per heavy atom. The van der Waals surface area contributed by atoms with E-state index in [1.165, 1.54) is 81.3 Å². The fourth-order valence-corrected chi connectivity index (χ4v) is 5.76. The zero-order valence-corrected chi connectivity index (χ0v) is 23.9. The molecule has 1 aromatic heterocycles. The van der Waals surface area contributed by atoms with E-state index in [0.29, 0.717) is 13.0 Å². The Balaban J connectivity index is 1.33. The van der Waals surface area contributed by atoms with Crippen molar-refractivity contribution >= 4 is 13.4 Å². The molecule has 0 saturated carbocycles. The molecular formula is C27H49FN3O6P. The van der Waals surface area contributed by atoms with Crippen LogP contribution in [0.5, 0.6) is 0 Å². The van der Waals surface area contributed by atoms with Gasteiger partial charge in [-0.05, 0) is 25.3 Å². The molecule has 0 aromatic carbocycles. The summed E-state index contributed by atoms with van der Waals surface area (Å²) in [5, 5.41) is 0. The second kappa shape index (κ2) is 20.6. The number of hydrogen-bond acceptors (Lipinski definition) is 8. The van der Waals surface area contributed by atoms with E-state index < -0.39 is 19.4 Å². The van der Waals surface area contributed by atoms with Crippen LogP contribution in [0.25, 0.3) is 0 Å². The third-order valence-corrected chi connectivity index (χ3v) is 8.20. The summed E-state index contributed by atoms with van der Waals surface area (Å²) < 4.78 is 48.2. The number of rotatable bonds is 23. The highest BCUT2D eigenvalue weighted by Crippen LogP contribution is 2.50. The smallest absolute Gasteiger partial charge is 0.356 e. The Morgan fingerprint density at radius 2 is 1.50 bits per heavy atom. The average molecular weight is 562 g/mol. The van der Waals surface area contributed by atoms with Crippen LogP contribution in [0.4, 0.5) is 10.2 Å². The van der Waals surface area contributed by atoms with Crippen molar-refractivity contribution in [1.29, 1.82) is 0 Å². The number of anilines is 1. The van der Waals surface area contributed by atoms with E-state index in [2.05, 4.69) is 4.98 Å². The number of nitrogens with two attached hydrogens (primary N) is 1. The zero-order valence-electron chi connectivity index (χ0n) is 23.0. The quantitative estimate of drug-likeness (QED) is 0.123. The van der Waals surface area contributed by atoms with Crippen LogP contribution in [0.2, 0.25) is 0 Å². The first-order valence-corrected chi connectivity index (χ1v) is 16.2. The Hall–Kier alpha value is -1.32. The van der Waals surface area contributed by atoms with Crippen LogP contribution in [0.1, 0.15) is 96.3 Å². The van der Waals surface area contributed by atoms with Crippen molar-refractivity contribution < 1.29 is 27.5 Å². The fourth-order valence-electron chi connectivity index (χ4n) is 4.35. The van der Waals surface area contributed by atoms with Gasteiger partial charge in [0.2, 0.25) is 0 Å². The summed E-state index contributed by atoms with van der Waals surface area (Å²) in [5.41, 5.74) is 5.03. The van der Waals surface area contributed by atoms with Crippen molar-refractivity contribution in [3.8, 4) is 0 Å². The van der Waals surface area contributed by atoms with E-state index in [1.807, 2.05) is 0 Å². The highest BCUT2D eigenvalue weighted by atomic mass is 31.2. The third-order valence-electron chi connectivity index (χ3n) is 6.61. The van der Waals surface area contributed by atoms with Gasteiger partial charge in [0.05, 0.1) is 26.4 Å². The monoisotopic (exact) mass is 561 g/mol. The van der Waals surface area contributed by atoms with Gasteiger partial charge in [0, 0.05) is 19.4 Å². The van der Waals surface area contributed by atoms with E-state index in [-0.39, 0.29) is 38.6 Å². The first kappa shape index (κ1) is 32.9. The minimum atomic E-state index is -3.28. The van der Waals surface area contributed by atoms with Gasteiger partial charge in [0.25, 0.3) is 0 Å². The van der Waals surface area contributed by atoms with Crippen LogP contribution >= 0.6 is 7.60 Å². The lowest BCUT2D eigenvalue weighted by molar-refractivity contribution is -0.0154. The van der Waals surface area contributed by atoms with Crippen molar-refractivity contribution in [2.24, 2.45) is 0 Å². The molecule has 2 atom stereocenters. The molecule has 0 spiro atoms. The van der Waals surface area contributed by atoms with Crippen molar-refractivity contribution in [2.45, 2.75) is 109 Å². The molecular weight excluding hydrogens is 512 g/mol. The van der Waals surface area contributed by atoms with Crippen molar-refractivity contribution in [1.82, 2.24) is 9.55 Å². The normalized spacial score (nSPS) is 19.7. The molecule has 11 heteroatoms. The number of nitrogens with zero attached hydrogens (tertiary/aromatic N) is 2. The molecule has 1 saturated heterocycles. The molecule has 2 heterocycles. The number of halogens is 1. The molecule has 1 aliphatic heterocycles. The number of alkyl halides is 1. The van der Waals surface area contributed by atoms with Gasteiger partial charge in [-0.3, -0.25) is 13.5 Å². The van der Waals surface area contributed by atoms with Crippen molar-refractivity contribution in [3.05, 3.63) is 22.7 Å². The van der Waals surface area contributed by atoms with E-state index in [4.69, 9.17) is 24.3 Å². The predicted molar refractivity (Wildman–Crippen MR) is 148 cm³/mol. The Morgan fingerprint density at radius 1 is 0.921 bits per heavy atom. The molecule has 0 bridgehead atoms. The molecule has 1 unspecified atom stereocenters. The highest BCUT2D eigenvalue weighted by molar-refractivity contribution is 7.53. The standard InChI is InChI=1S/C27H49FN3O6P/c28-17-13-11-9-7-5-3-1-2-4-6-8-10-12-14-19-34-20-15-21-36-38(33)24-35-25(23-37-38)22-31-18-16-26(29)30-27(31)32/h16,18,25H,1-15,17,19-24H2,(H2,29,30,32)/t25-,38?/m0/s1. The number of hydrogen-bond donors (Lipinski definition) is 1. The van der Waals surface area contributed by atoms with Crippen LogP contribution in [-0.4, -0.2) is 55.1 Å². The van der Waals surface area contributed by atoms with E-state index in [1.54, 1.807) is 6.20 Å². The predicted octanol–water partition coefficient (Wildman–Crippen LogP) is 6.25. The first-order valence-electron chi connectivity index (χ1n) is 14.5. The van der Waals surface area contributed by atoms with Gasteiger partial charge in [0.15, 0.2) is 0 Å². The molecule has 220 valence electrons.